The number of nitrogens with zero attached hydrogens (tertiary/aromatic N) is 1. The second-order valence-corrected chi connectivity index (χ2v) is 6.47. The zero-order valence-electron chi connectivity index (χ0n) is 13.3. The molecule has 128 valence electrons. The highest BCUT2D eigenvalue weighted by Gasteiger charge is 2.42. The molecule has 0 aromatic carbocycles. The number of halogens is 3. The second kappa shape index (κ2) is 6.55. The highest BCUT2D eigenvalue weighted by molar-refractivity contribution is 5.94. The molecule has 0 aliphatic heterocycles. The van der Waals surface area contributed by atoms with Crippen LogP contribution in [0.15, 0.2) is 12.1 Å². The molecule has 0 spiro atoms. The minimum Gasteiger partial charge on any atom is -0.478 e. The minimum absolute atomic E-state index is 0.0598. The van der Waals surface area contributed by atoms with Crippen LogP contribution in [0.3, 0.4) is 0 Å². The number of hydrogen-bond donors (Lipinski definition) is 2. The predicted octanol–water partition coefficient (Wildman–Crippen LogP) is 3.19. The Hall–Kier alpha value is -2.12. The smallest absolute Gasteiger partial charge is 0.408 e. The summed E-state index contributed by atoms with van der Waals surface area (Å²) in [6, 6.07) is 0.235. The highest BCUT2D eigenvalue weighted by atomic mass is 19.4. The molecule has 1 rings (SSSR count). The quantitative estimate of drug-likeness (QED) is 0.887. The standard InChI is InChI=1S/C15H19F3N2O3/c1-8-9(13(22)23)5-6-10(19-8)12(21)20-11(15(16,17)18)7-14(2,3)4/h5-6,11H,7H2,1-4H3,(H,20,21)(H,22,23). The van der Waals surface area contributed by atoms with Crippen molar-refractivity contribution in [3.8, 4) is 0 Å². The molecule has 0 fully saturated rings. The Morgan fingerprint density at radius 2 is 1.83 bits per heavy atom. The van der Waals surface area contributed by atoms with Gasteiger partial charge in [0, 0.05) is 0 Å². The van der Waals surface area contributed by atoms with Gasteiger partial charge in [0.15, 0.2) is 0 Å². The summed E-state index contributed by atoms with van der Waals surface area (Å²) < 4.78 is 39.2. The molecule has 8 heteroatoms. The summed E-state index contributed by atoms with van der Waals surface area (Å²) in [6.07, 6.45) is -4.87. The van der Waals surface area contributed by atoms with Gasteiger partial charge in [-0.1, -0.05) is 20.8 Å². The molecular formula is C15H19F3N2O3. The van der Waals surface area contributed by atoms with E-state index in [9.17, 15) is 22.8 Å². The molecule has 1 atom stereocenters. The Labute approximate surface area is 131 Å². The van der Waals surface area contributed by atoms with Gasteiger partial charge in [0.2, 0.25) is 0 Å². The van der Waals surface area contributed by atoms with Crippen LogP contribution in [0.2, 0.25) is 0 Å². The first-order chi connectivity index (χ1) is 10.3. The van der Waals surface area contributed by atoms with Gasteiger partial charge in [-0.2, -0.15) is 13.2 Å². The zero-order valence-corrected chi connectivity index (χ0v) is 13.3. The van der Waals surface area contributed by atoms with E-state index in [-0.39, 0.29) is 23.4 Å². The lowest BCUT2D eigenvalue weighted by atomic mass is 9.88. The summed E-state index contributed by atoms with van der Waals surface area (Å²) >= 11 is 0. The monoisotopic (exact) mass is 332 g/mol. The first-order valence-electron chi connectivity index (χ1n) is 6.90. The number of aromatic carboxylic acids is 1. The maximum atomic E-state index is 13.1. The third-order valence-corrected chi connectivity index (χ3v) is 3.07. The van der Waals surface area contributed by atoms with Crippen molar-refractivity contribution < 1.29 is 27.9 Å². The predicted molar refractivity (Wildman–Crippen MR) is 77.3 cm³/mol. The van der Waals surface area contributed by atoms with Crippen LogP contribution in [-0.2, 0) is 0 Å². The van der Waals surface area contributed by atoms with Crippen molar-refractivity contribution in [2.45, 2.75) is 46.3 Å². The van der Waals surface area contributed by atoms with Crippen molar-refractivity contribution in [3.05, 3.63) is 29.1 Å². The molecule has 2 N–H and O–H groups in total. The molecule has 1 heterocycles. The van der Waals surface area contributed by atoms with Crippen LogP contribution in [0, 0.1) is 12.3 Å². The summed E-state index contributed by atoms with van der Waals surface area (Å²) in [5.41, 5.74) is -0.937. The Balaban J connectivity index is 2.99. The molecule has 0 aliphatic rings. The number of nitrogens with one attached hydrogen (secondary N) is 1. The van der Waals surface area contributed by atoms with Crippen LogP contribution in [0.4, 0.5) is 13.2 Å². The number of alkyl halides is 3. The van der Waals surface area contributed by atoms with E-state index in [1.54, 1.807) is 20.8 Å². The van der Waals surface area contributed by atoms with E-state index in [2.05, 4.69) is 4.98 Å². The Kier molecular flexibility index (Phi) is 5.39. The van der Waals surface area contributed by atoms with E-state index in [0.717, 1.165) is 12.1 Å². The molecule has 0 saturated heterocycles. The molecule has 0 bridgehead atoms. The normalized spacial score (nSPS) is 13.5. The highest BCUT2D eigenvalue weighted by Crippen LogP contribution is 2.30. The van der Waals surface area contributed by atoms with Crippen molar-refractivity contribution in [1.29, 1.82) is 0 Å². The molecule has 5 nitrogen and oxygen atoms in total. The third kappa shape index (κ3) is 5.54. The molecule has 0 radical (unpaired) electrons. The topological polar surface area (TPSA) is 79.3 Å². The van der Waals surface area contributed by atoms with Crippen LogP contribution >= 0.6 is 0 Å². The number of rotatable bonds is 4. The van der Waals surface area contributed by atoms with E-state index in [0.29, 0.717) is 0 Å². The van der Waals surface area contributed by atoms with Crippen molar-refractivity contribution in [2.24, 2.45) is 5.41 Å². The maximum absolute atomic E-state index is 13.1. The lowest BCUT2D eigenvalue weighted by molar-refractivity contribution is -0.159. The lowest BCUT2D eigenvalue weighted by Crippen LogP contribution is -2.47. The van der Waals surface area contributed by atoms with Crippen molar-refractivity contribution in [3.63, 3.8) is 0 Å². The maximum Gasteiger partial charge on any atom is 0.408 e. The SMILES string of the molecule is Cc1nc(C(=O)NC(CC(C)(C)C)C(F)(F)F)ccc1C(=O)O. The van der Waals surface area contributed by atoms with Crippen LogP contribution in [-0.4, -0.2) is 34.2 Å². The van der Waals surface area contributed by atoms with E-state index < -0.39 is 29.5 Å². The largest absolute Gasteiger partial charge is 0.478 e. The average molecular weight is 332 g/mol. The molecule has 1 unspecified atom stereocenters. The fourth-order valence-corrected chi connectivity index (χ4v) is 2.01. The first-order valence-corrected chi connectivity index (χ1v) is 6.90. The minimum atomic E-state index is -4.58. The number of carbonyl (C=O) groups is 2. The van der Waals surface area contributed by atoms with Gasteiger partial charge in [-0.15, -0.1) is 0 Å². The second-order valence-electron chi connectivity index (χ2n) is 6.47. The molecule has 0 saturated carbocycles. The Morgan fingerprint density at radius 1 is 1.26 bits per heavy atom. The fraction of sp³-hybridized carbons (Fsp3) is 0.533. The molecule has 1 amide bonds. The molecule has 0 aliphatic carbocycles. The van der Waals surface area contributed by atoms with Gasteiger partial charge < -0.3 is 10.4 Å². The fourth-order valence-electron chi connectivity index (χ4n) is 2.01. The number of aryl methyl sites for hydroxylation is 1. The van der Waals surface area contributed by atoms with Crippen molar-refractivity contribution in [2.75, 3.05) is 0 Å². The van der Waals surface area contributed by atoms with Crippen LogP contribution in [0.1, 0.15) is 53.7 Å². The van der Waals surface area contributed by atoms with Crippen molar-refractivity contribution in [1.82, 2.24) is 10.3 Å². The molecular weight excluding hydrogens is 313 g/mol. The lowest BCUT2D eigenvalue weighted by Gasteiger charge is -2.28. The van der Waals surface area contributed by atoms with Crippen LogP contribution in [0.25, 0.3) is 0 Å². The average Bonchev–Trinajstić information content (AvgIpc) is 2.34. The van der Waals surface area contributed by atoms with Gasteiger partial charge in [0.1, 0.15) is 11.7 Å². The van der Waals surface area contributed by atoms with Gasteiger partial charge >= 0.3 is 12.1 Å². The number of hydrogen-bond acceptors (Lipinski definition) is 3. The number of amides is 1. The van der Waals surface area contributed by atoms with Gasteiger partial charge in [-0.05, 0) is 30.9 Å². The molecule has 1 aromatic rings. The Morgan fingerprint density at radius 3 is 2.22 bits per heavy atom. The number of carboxylic acids is 1. The summed E-state index contributed by atoms with van der Waals surface area (Å²) in [5.74, 6) is -2.21. The molecule has 1 aromatic heterocycles. The molecule has 23 heavy (non-hydrogen) atoms. The van der Waals surface area contributed by atoms with Crippen LogP contribution in [0.5, 0.6) is 0 Å². The number of aromatic nitrogens is 1. The van der Waals surface area contributed by atoms with E-state index in [4.69, 9.17) is 5.11 Å². The van der Waals surface area contributed by atoms with Gasteiger partial charge in [0.05, 0.1) is 11.3 Å². The van der Waals surface area contributed by atoms with Gasteiger partial charge in [-0.3, -0.25) is 4.79 Å². The van der Waals surface area contributed by atoms with E-state index in [1.807, 2.05) is 5.32 Å². The number of carboxylic acid groups (broad SMARTS) is 1. The van der Waals surface area contributed by atoms with E-state index in [1.165, 1.54) is 6.92 Å². The van der Waals surface area contributed by atoms with Crippen molar-refractivity contribution >= 4 is 11.9 Å². The summed E-state index contributed by atoms with van der Waals surface area (Å²) in [7, 11) is 0. The summed E-state index contributed by atoms with van der Waals surface area (Å²) in [5, 5.41) is 10.8. The van der Waals surface area contributed by atoms with E-state index >= 15 is 0 Å². The summed E-state index contributed by atoms with van der Waals surface area (Å²) in [4.78, 5) is 26.6. The first kappa shape index (κ1) is 18.9. The summed E-state index contributed by atoms with van der Waals surface area (Å²) in [6.45, 7) is 6.29. The van der Waals surface area contributed by atoms with Gasteiger partial charge in [-0.25, -0.2) is 9.78 Å². The zero-order chi connectivity index (χ0) is 18.0. The van der Waals surface area contributed by atoms with Crippen LogP contribution < -0.4 is 5.32 Å². The number of pyridine rings is 1. The third-order valence-electron chi connectivity index (χ3n) is 3.07. The Bertz CT molecular complexity index is 607. The number of carbonyl (C=O) groups excluding carboxylic acids is 1. The van der Waals surface area contributed by atoms with Gasteiger partial charge in [0.25, 0.3) is 5.91 Å².